The number of rotatable bonds is 9. The number of nitrogens with zero attached hydrogens (tertiary/aromatic N) is 1. The van der Waals surface area contributed by atoms with Crippen molar-refractivity contribution in [3.63, 3.8) is 0 Å². The zero-order valence-corrected chi connectivity index (χ0v) is 18.5. The van der Waals surface area contributed by atoms with Gasteiger partial charge in [-0.1, -0.05) is 13.8 Å². The van der Waals surface area contributed by atoms with E-state index in [1.807, 2.05) is 4.90 Å². The zero-order chi connectivity index (χ0) is 19.7. The quantitative estimate of drug-likeness (QED) is 0.438. The lowest BCUT2D eigenvalue weighted by atomic mass is 9.43. The highest BCUT2D eigenvalue weighted by Gasteiger charge is 2.60. The summed E-state index contributed by atoms with van der Waals surface area (Å²) in [5, 5.41) is 6.25. The summed E-state index contributed by atoms with van der Waals surface area (Å²) in [5.41, 5.74) is 0.707. The van der Waals surface area contributed by atoms with Gasteiger partial charge in [-0.3, -0.25) is 14.5 Å². The minimum atomic E-state index is -0.0616. The molecule has 0 spiro atoms. The van der Waals surface area contributed by atoms with Crippen molar-refractivity contribution in [3.05, 3.63) is 0 Å². The number of thiol groups is 2. The predicted molar refractivity (Wildman–Crippen MR) is 115 cm³/mol. The van der Waals surface area contributed by atoms with E-state index in [0.29, 0.717) is 35.4 Å². The van der Waals surface area contributed by atoms with Crippen molar-refractivity contribution in [1.29, 1.82) is 0 Å². The van der Waals surface area contributed by atoms with E-state index in [2.05, 4.69) is 49.7 Å². The summed E-state index contributed by atoms with van der Waals surface area (Å²) >= 11 is 8.39. The molecular formula is C20H35N3O2S2. The van der Waals surface area contributed by atoms with Crippen molar-refractivity contribution in [2.45, 2.75) is 57.9 Å². The van der Waals surface area contributed by atoms with Crippen LogP contribution < -0.4 is 10.6 Å². The number of nitrogens with one attached hydrogen (secondary N) is 2. The van der Waals surface area contributed by atoms with E-state index >= 15 is 0 Å². The van der Waals surface area contributed by atoms with Crippen molar-refractivity contribution in [2.24, 2.45) is 16.7 Å². The molecule has 0 heterocycles. The van der Waals surface area contributed by atoms with Crippen molar-refractivity contribution in [2.75, 3.05) is 37.7 Å². The van der Waals surface area contributed by atoms with Gasteiger partial charge in [-0.2, -0.15) is 25.3 Å². The Kier molecular flexibility index (Phi) is 6.43. The molecule has 4 rings (SSSR count). The minimum absolute atomic E-state index is 0.0408. The number of hydrogen-bond acceptors (Lipinski definition) is 5. The molecule has 4 fully saturated rings. The predicted octanol–water partition coefficient (Wildman–Crippen LogP) is 2.13. The Bertz CT molecular complexity index is 568. The molecule has 2 unspecified atom stereocenters. The fourth-order valence-electron chi connectivity index (χ4n) is 6.94. The molecule has 0 aromatic rings. The van der Waals surface area contributed by atoms with Gasteiger partial charge in [0.1, 0.15) is 0 Å². The van der Waals surface area contributed by atoms with Gasteiger partial charge in [-0.15, -0.1) is 0 Å². The molecule has 2 amide bonds. The van der Waals surface area contributed by atoms with E-state index in [9.17, 15) is 9.59 Å². The number of carbonyl (C=O) groups is 2. The normalized spacial score (nSPS) is 36.9. The van der Waals surface area contributed by atoms with Crippen LogP contribution in [-0.4, -0.2) is 59.9 Å². The van der Waals surface area contributed by atoms with Crippen LogP contribution in [0.15, 0.2) is 0 Å². The average molecular weight is 414 g/mol. The van der Waals surface area contributed by atoms with Crippen LogP contribution in [0, 0.1) is 16.7 Å². The fourth-order valence-corrected chi connectivity index (χ4v) is 7.33. The molecule has 4 aliphatic carbocycles. The monoisotopic (exact) mass is 413 g/mol. The maximum atomic E-state index is 12.9. The second-order valence-electron chi connectivity index (χ2n) is 9.97. The smallest absolute Gasteiger partial charge is 0.234 e. The van der Waals surface area contributed by atoms with Gasteiger partial charge in [-0.25, -0.2) is 0 Å². The van der Waals surface area contributed by atoms with Crippen molar-refractivity contribution in [3.8, 4) is 0 Å². The summed E-state index contributed by atoms with van der Waals surface area (Å²) in [6.45, 7) is 6.48. The van der Waals surface area contributed by atoms with Crippen molar-refractivity contribution >= 4 is 37.1 Å². The minimum Gasteiger partial charge on any atom is -0.354 e. The molecule has 5 nitrogen and oxygen atoms in total. The summed E-state index contributed by atoms with van der Waals surface area (Å²) in [4.78, 5) is 26.8. The van der Waals surface area contributed by atoms with Crippen LogP contribution in [0.4, 0.5) is 0 Å². The van der Waals surface area contributed by atoms with Crippen LogP contribution in [0.5, 0.6) is 0 Å². The maximum absolute atomic E-state index is 12.9. The summed E-state index contributed by atoms with van der Waals surface area (Å²) in [6, 6.07) is 0. The summed E-state index contributed by atoms with van der Waals surface area (Å²) in [7, 11) is 0. The first-order chi connectivity index (χ1) is 12.7. The molecule has 0 saturated heterocycles. The Hall–Kier alpha value is -0.400. The Balaban J connectivity index is 1.59. The van der Waals surface area contributed by atoms with Crippen molar-refractivity contribution in [1.82, 2.24) is 15.5 Å². The molecule has 0 aliphatic heterocycles. The van der Waals surface area contributed by atoms with Crippen LogP contribution >= 0.6 is 25.3 Å². The SMILES string of the molecule is CC12CC3CC(C)(C1)CC(NC(=O)CN(CCS)CC(=O)NCCS)(C3)C2. The third kappa shape index (κ3) is 5.15. The third-order valence-electron chi connectivity index (χ3n) is 6.62. The molecule has 4 saturated carbocycles. The Labute approximate surface area is 174 Å². The highest BCUT2D eigenvalue weighted by atomic mass is 32.1. The first-order valence-electron chi connectivity index (χ1n) is 10.2. The lowest BCUT2D eigenvalue weighted by Gasteiger charge is -2.65. The van der Waals surface area contributed by atoms with Gasteiger partial charge in [0, 0.05) is 30.1 Å². The Morgan fingerprint density at radius 1 is 0.963 bits per heavy atom. The molecule has 27 heavy (non-hydrogen) atoms. The fraction of sp³-hybridized carbons (Fsp3) is 0.900. The van der Waals surface area contributed by atoms with Gasteiger partial charge in [0.15, 0.2) is 0 Å². The number of carbonyl (C=O) groups excluding carboxylic acids is 2. The number of hydrogen-bond donors (Lipinski definition) is 4. The van der Waals surface area contributed by atoms with Crippen LogP contribution in [0.1, 0.15) is 52.4 Å². The highest BCUT2D eigenvalue weighted by Crippen LogP contribution is 2.66. The second-order valence-corrected chi connectivity index (χ2v) is 10.9. The summed E-state index contributed by atoms with van der Waals surface area (Å²) in [6.07, 6.45) is 7.26. The lowest BCUT2D eigenvalue weighted by Crippen LogP contribution is -2.65. The van der Waals surface area contributed by atoms with Gasteiger partial charge >= 0.3 is 0 Å². The molecule has 0 aromatic heterocycles. The first kappa shape index (κ1) is 21.3. The average Bonchev–Trinajstić information content (AvgIpc) is 2.48. The summed E-state index contributed by atoms with van der Waals surface area (Å²) in [5.74, 6) is 1.97. The van der Waals surface area contributed by atoms with Gasteiger partial charge < -0.3 is 10.6 Å². The van der Waals surface area contributed by atoms with Crippen LogP contribution in [-0.2, 0) is 9.59 Å². The van der Waals surface area contributed by atoms with Gasteiger partial charge in [-0.05, 0) is 55.3 Å². The lowest BCUT2D eigenvalue weighted by molar-refractivity contribution is -0.140. The van der Waals surface area contributed by atoms with Gasteiger partial charge in [0.25, 0.3) is 0 Å². The molecule has 4 bridgehead atoms. The maximum Gasteiger partial charge on any atom is 0.234 e. The Morgan fingerprint density at radius 3 is 2.15 bits per heavy atom. The molecule has 4 aliphatic rings. The summed E-state index contributed by atoms with van der Waals surface area (Å²) < 4.78 is 0. The second kappa shape index (κ2) is 8.15. The van der Waals surface area contributed by atoms with Crippen molar-refractivity contribution < 1.29 is 9.59 Å². The van der Waals surface area contributed by atoms with E-state index in [0.717, 1.165) is 25.2 Å². The molecule has 2 N–H and O–H groups in total. The van der Waals surface area contributed by atoms with E-state index in [1.54, 1.807) is 0 Å². The van der Waals surface area contributed by atoms with Crippen LogP contribution in [0.2, 0.25) is 0 Å². The van der Waals surface area contributed by atoms with E-state index in [-0.39, 0.29) is 30.4 Å². The molecule has 7 heteroatoms. The third-order valence-corrected chi connectivity index (χ3v) is 7.04. The molecule has 0 aromatic carbocycles. The molecule has 0 radical (unpaired) electrons. The van der Waals surface area contributed by atoms with Gasteiger partial charge in [0.05, 0.1) is 13.1 Å². The number of amides is 2. The van der Waals surface area contributed by atoms with E-state index in [4.69, 9.17) is 0 Å². The van der Waals surface area contributed by atoms with E-state index in [1.165, 1.54) is 19.3 Å². The van der Waals surface area contributed by atoms with Crippen LogP contribution in [0.3, 0.4) is 0 Å². The molecule has 2 atom stereocenters. The topological polar surface area (TPSA) is 61.4 Å². The largest absolute Gasteiger partial charge is 0.354 e. The zero-order valence-electron chi connectivity index (χ0n) is 16.7. The molecular weight excluding hydrogens is 378 g/mol. The Morgan fingerprint density at radius 2 is 1.59 bits per heavy atom. The first-order valence-corrected chi connectivity index (χ1v) is 11.5. The standard InChI is InChI=1S/C20H35N3O2S2/c1-18-7-15-8-19(2,12-18)14-20(9-15,13-18)22-17(25)11-23(4-6-27)10-16(24)21-3-5-26/h15,26-27H,3-14H2,1-2H3,(H,21,24)(H,22,25). The highest BCUT2D eigenvalue weighted by molar-refractivity contribution is 7.80. The van der Waals surface area contributed by atoms with E-state index < -0.39 is 0 Å². The van der Waals surface area contributed by atoms with Gasteiger partial charge in [0.2, 0.25) is 11.8 Å². The van der Waals surface area contributed by atoms with Crippen LogP contribution in [0.25, 0.3) is 0 Å². The molecule has 154 valence electrons.